The van der Waals surface area contributed by atoms with E-state index in [9.17, 15) is 4.79 Å². The predicted molar refractivity (Wildman–Crippen MR) is 88.8 cm³/mol. The molecule has 0 saturated carbocycles. The van der Waals surface area contributed by atoms with Crippen molar-refractivity contribution in [1.29, 1.82) is 0 Å². The first-order valence-electron chi connectivity index (χ1n) is 7.63. The number of benzene rings is 1. The molecule has 0 spiro atoms. The van der Waals surface area contributed by atoms with Crippen LogP contribution in [0.5, 0.6) is 11.5 Å². The van der Waals surface area contributed by atoms with Crippen molar-refractivity contribution in [3.8, 4) is 11.5 Å². The zero-order valence-electron chi connectivity index (χ0n) is 13.9. The smallest absolute Gasteiger partial charge is 0.243 e. The van der Waals surface area contributed by atoms with Gasteiger partial charge in [0.05, 0.1) is 26.1 Å². The average molecular weight is 331 g/mol. The van der Waals surface area contributed by atoms with Gasteiger partial charge in [-0.1, -0.05) is 6.07 Å². The quantitative estimate of drug-likeness (QED) is 0.757. The van der Waals surface area contributed by atoms with Crippen LogP contribution in [0.3, 0.4) is 0 Å². The van der Waals surface area contributed by atoms with Crippen molar-refractivity contribution in [3.05, 3.63) is 36.2 Å². The fourth-order valence-electron chi connectivity index (χ4n) is 2.73. The van der Waals surface area contributed by atoms with Gasteiger partial charge in [-0.05, 0) is 24.1 Å². The third kappa shape index (κ3) is 3.34. The summed E-state index contributed by atoms with van der Waals surface area (Å²) in [6.45, 7) is 0. The van der Waals surface area contributed by atoms with Gasteiger partial charge in [-0.15, -0.1) is 0 Å². The molecule has 2 atom stereocenters. The number of ether oxygens (including phenoxy) is 2. The number of hydrazine groups is 1. The van der Waals surface area contributed by atoms with Crippen LogP contribution in [0.2, 0.25) is 0 Å². The SMILES string of the molecule is COc1ccc(C2CC(C(=O)Nc3cnn(C)c3)NN2)cc1OC. The molecule has 1 fully saturated rings. The summed E-state index contributed by atoms with van der Waals surface area (Å²) in [6.07, 6.45) is 4.00. The Morgan fingerprint density at radius 2 is 2.08 bits per heavy atom. The normalized spacial score (nSPS) is 20.0. The van der Waals surface area contributed by atoms with E-state index < -0.39 is 0 Å². The number of nitrogens with one attached hydrogen (secondary N) is 3. The zero-order chi connectivity index (χ0) is 17.1. The molecule has 3 N–H and O–H groups in total. The second kappa shape index (κ2) is 6.90. The lowest BCUT2D eigenvalue weighted by Gasteiger charge is -2.13. The van der Waals surface area contributed by atoms with E-state index in [1.165, 1.54) is 0 Å². The number of amides is 1. The van der Waals surface area contributed by atoms with Gasteiger partial charge in [0.1, 0.15) is 6.04 Å². The van der Waals surface area contributed by atoms with Crippen LogP contribution in [-0.2, 0) is 11.8 Å². The Morgan fingerprint density at radius 1 is 1.29 bits per heavy atom. The van der Waals surface area contributed by atoms with E-state index in [-0.39, 0.29) is 18.0 Å². The van der Waals surface area contributed by atoms with Gasteiger partial charge in [0.15, 0.2) is 11.5 Å². The Bertz CT molecular complexity index is 730. The third-order valence-electron chi connectivity index (χ3n) is 4.00. The fraction of sp³-hybridized carbons (Fsp3) is 0.375. The van der Waals surface area contributed by atoms with Crippen molar-refractivity contribution in [1.82, 2.24) is 20.6 Å². The lowest BCUT2D eigenvalue weighted by Crippen LogP contribution is -2.39. The summed E-state index contributed by atoms with van der Waals surface area (Å²) in [5.41, 5.74) is 7.90. The minimum absolute atomic E-state index is 0.00875. The highest BCUT2D eigenvalue weighted by atomic mass is 16.5. The molecule has 1 aromatic carbocycles. The number of aromatic nitrogens is 2. The minimum atomic E-state index is -0.330. The van der Waals surface area contributed by atoms with Gasteiger partial charge in [0, 0.05) is 19.3 Å². The van der Waals surface area contributed by atoms with Crippen LogP contribution in [0.15, 0.2) is 30.6 Å². The summed E-state index contributed by atoms with van der Waals surface area (Å²) in [5, 5.41) is 6.88. The maximum absolute atomic E-state index is 12.3. The Kier molecular flexibility index (Phi) is 4.68. The Morgan fingerprint density at radius 3 is 2.75 bits per heavy atom. The first-order chi connectivity index (χ1) is 11.6. The van der Waals surface area contributed by atoms with Gasteiger partial charge < -0.3 is 14.8 Å². The van der Waals surface area contributed by atoms with Crippen molar-refractivity contribution in [2.75, 3.05) is 19.5 Å². The number of aryl methyl sites for hydroxylation is 1. The molecule has 1 aromatic heterocycles. The van der Waals surface area contributed by atoms with Crippen molar-refractivity contribution >= 4 is 11.6 Å². The fourth-order valence-corrected chi connectivity index (χ4v) is 2.73. The molecule has 0 aliphatic carbocycles. The van der Waals surface area contributed by atoms with Crippen LogP contribution >= 0.6 is 0 Å². The minimum Gasteiger partial charge on any atom is -0.493 e. The summed E-state index contributed by atoms with van der Waals surface area (Å²) in [4.78, 5) is 12.3. The Balaban J connectivity index is 1.65. The molecule has 8 heteroatoms. The van der Waals surface area contributed by atoms with E-state index in [0.717, 1.165) is 5.56 Å². The largest absolute Gasteiger partial charge is 0.493 e. The molecule has 1 aliphatic rings. The molecule has 2 unspecified atom stereocenters. The van der Waals surface area contributed by atoms with Gasteiger partial charge in [0.2, 0.25) is 5.91 Å². The van der Waals surface area contributed by atoms with Crippen LogP contribution in [-0.4, -0.2) is 35.9 Å². The van der Waals surface area contributed by atoms with E-state index in [1.807, 2.05) is 18.2 Å². The first-order valence-corrected chi connectivity index (χ1v) is 7.63. The number of carbonyl (C=O) groups is 1. The molecule has 2 heterocycles. The molecular weight excluding hydrogens is 310 g/mol. The molecule has 128 valence electrons. The predicted octanol–water partition coefficient (Wildman–Crippen LogP) is 0.984. The third-order valence-corrected chi connectivity index (χ3v) is 4.00. The topological polar surface area (TPSA) is 89.4 Å². The van der Waals surface area contributed by atoms with Gasteiger partial charge in [0.25, 0.3) is 0 Å². The van der Waals surface area contributed by atoms with Gasteiger partial charge in [-0.25, -0.2) is 10.9 Å². The maximum atomic E-state index is 12.3. The van der Waals surface area contributed by atoms with Gasteiger partial charge in [-0.3, -0.25) is 9.48 Å². The summed E-state index contributed by atoms with van der Waals surface area (Å²) in [6, 6.07) is 5.42. The number of nitrogens with zero attached hydrogens (tertiary/aromatic N) is 2. The molecule has 24 heavy (non-hydrogen) atoms. The molecule has 1 aliphatic heterocycles. The monoisotopic (exact) mass is 331 g/mol. The number of anilines is 1. The van der Waals surface area contributed by atoms with Crippen LogP contribution < -0.4 is 25.6 Å². The highest BCUT2D eigenvalue weighted by Gasteiger charge is 2.30. The maximum Gasteiger partial charge on any atom is 0.243 e. The zero-order valence-corrected chi connectivity index (χ0v) is 13.9. The van der Waals surface area contributed by atoms with E-state index in [0.29, 0.717) is 23.6 Å². The van der Waals surface area contributed by atoms with E-state index in [4.69, 9.17) is 9.47 Å². The van der Waals surface area contributed by atoms with Gasteiger partial charge in [-0.2, -0.15) is 5.10 Å². The van der Waals surface area contributed by atoms with Crippen molar-refractivity contribution in [3.63, 3.8) is 0 Å². The van der Waals surface area contributed by atoms with E-state index >= 15 is 0 Å². The summed E-state index contributed by atoms with van der Waals surface area (Å²) in [5.74, 6) is 1.25. The van der Waals surface area contributed by atoms with E-state index in [1.54, 1.807) is 38.3 Å². The van der Waals surface area contributed by atoms with Crippen LogP contribution in [0.25, 0.3) is 0 Å². The van der Waals surface area contributed by atoms with Crippen LogP contribution in [0.1, 0.15) is 18.0 Å². The van der Waals surface area contributed by atoms with Crippen molar-refractivity contribution in [2.24, 2.45) is 7.05 Å². The number of rotatable bonds is 5. The lowest BCUT2D eigenvalue weighted by atomic mass is 10.0. The molecule has 2 aromatic rings. The second-order valence-electron chi connectivity index (χ2n) is 5.64. The average Bonchev–Trinajstić information content (AvgIpc) is 3.23. The summed E-state index contributed by atoms with van der Waals surface area (Å²) >= 11 is 0. The highest BCUT2D eigenvalue weighted by molar-refractivity contribution is 5.94. The Labute approximate surface area is 140 Å². The number of carbonyl (C=O) groups excluding carboxylic acids is 1. The molecule has 8 nitrogen and oxygen atoms in total. The van der Waals surface area contributed by atoms with Crippen molar-refractivity contribution < 1.29 is 14.3 Å². The molecule has 1 saturated heterocycles. The number of hydrogen-bond donors (Lipinski definition) is 3. The van der Waals surface area contributed by atoms with Crippen molar-refractivity contribution in [2.45, 2.75) is 18.5 Å². The van der Waals surface area contributed by atoms with E-state index in [2.05, 4.69) is 21.3 Å². The lowest BCUT2D eigenvalue weighted by molar-refractivity contribution is -0.117. The standard InChI is InChI=1S/C16H21N5O3/c1-21-9-11(8-17-21)18-16(22)13-7-12(19-20-13)10-4-5-14(23-2)15(6-10)24-3/h4-6,8-9,12-13,19-20H,7H2,1-3H3,(H,18,22). The second-order valence-corrected chi connectivity index (χ2v) is 5.64. The highest BCUT2D eigenvalue weighted by Crippen LogP contribution is 2.32. The number of methoxy groups -OCH3 is 2. The molecule has 3 rings (SSSR count). The summed E-state index contributed by atoms with van der Waals surface area (Å²) in [7, 11) is 5.01. The summed E-state index contributed by atoms with van der Waals surface area (Å²) < 4.78 is 12.2. The molecular formula is C16H21N5O3. The van der Waals surface area contributed by atoms with Gasteiger partial charge >= 0.3 is 0 Å². The number of hydrogen-bond acceptors (Lipinski definition) is 6. The van der Waals surface area contributed by atoms with Crippen LogP contribution in [0.4, 0.5) is 5.69 Å². The first kappa shape index (κ1) is 16.3. The molecule has 1 amide bonds. The van der Waals surface area contributed by atoms with Crippen LogP contribution in [0, 0.1) is 0 Å². The molecule has 0 radical (unpaired) electrons. The Hall–Kier alpha value is -2.58. The molecule has 0 bridgehead atoms.